The van der Waals surface area contributed by atoms with Crippen LogP contribution in [0.15, 0.2) is 42.6 Å². The van der Waals surface area contributed by atoms with Gasteiger partial charge < -0.3 is 9.64 Å². The Kier molecular flexibility index (Phi) is 5.20. The average Bonchev–Trinajstić information content (AvgIpc) is 2.57. The number of anilines is 1. The fraction of sp³-hybridized carbons (Fsp3) is 0.389. The molecule has 0 unspecified atom stereocenters. The minimum Gasteiger partial charge on any atom is -0.380 e. The van der Waals surface area contributed by atoms with E-state index in [1.807, 2.05) is 4.90 Å². The van der Waals surface area contributed by atoms with Crippen LogP contribution in [0, 0.1) is 5.82 Å². The van der Waals surface area contributed by atoms with Gasteiger partial charge in [0, 0.05) is 46.0 Å². The van der Waals surface area contributed by atoms with E-state index in [9.17, 15) is 4.39 Å². The van der Waals surface area contributed by atoms with Gasteiger partial charge in [-0.2, -0.15) is 0 Å². The third kappa shape index (κ3) is 4.06. The zero-order chi connectivity index (χ0) is 16.1. The molecule has 1 aliphatic rings. The van der Waals surface area contributed by atoms with Gasteiger partial charge in [0.2, 0.25) is 0 Å². The maximum atomic E-state index is 13.8. The van der Waals surface area contributed by atoms with Crippen molar-refractivity contribution < 1.29 is 9.13 Å². The van der Waals surface area contributed by atoms with Crippen LogP contribution in [-0.4, -0.2) is 43.2 Å². The smallest absolute Gasteiger partial charge is 0.165 e. The molecule has 1 aliphatic heterocycles. The van der Waals surface area contributed by atoms with E-state index in [2.05, 4.69) is 34.1 Å². The second kappa shape index (κ2) is 7.53. The predicted octanol–water partition coefficient (Wildman–Crippen LogP) is 2.69. The van der Waals surface area contributed by atoms with Gasteiger partial charge in [0.1, 0.15) is 0 Å². The summed E-state index contributed by atoms with van der Waals surface area (Å²) in [5.74, 6) is 0.224. The Morgan fingerprint density at radius 3 is 2.61 bits per heavy atom. The molecule has 0 aliphatic carbocycles. The van der Waals surface area contributed by atoms with Gasteiger partial charge in [-0.15, -0.1) is 0 Å². The molecule has 1 fully saturated rings. The summed E-state index contributed by atoms with van der Waals surface area (Å²) in [6, 6.07) is 11.6. The van der Waals surface area contributed by atoms with E-state index in [0.717, 1.165) is 32.7 Å². The van der Waals surface area contributed by atoms with Crippen molar-refractivity contribution >= 4 is 5.82 Å². The number of pyridine rings is 1. The van der Waals surface area contributed by atoms with Crippen LogP contribution in [0.5, 0.6) is 0 Å². The number of hydrogen-bond acceptors (Lipinski definition) is 4. The molecule has 23 heavy (non-hydrogen) atoms. The number of halogens is 1. The zero-order valence-corrected chi connectivity index (χ0v) is 13.4. The predicted molar refractivity (Wildman–Crippen MR) is 88.8 cm³/mol. The Balaban J connectivity index is 1.57. The summed E-state index contributed by atoms with van der Waals surface area (Å²) in [5, 5.41) is 0. The Labute approximate surface area is 136 Å². The fourth-order valence-electron chi connectivity index (χ4n) is 2.97. The second-order valence-corrected chi connectivity index (χ2v) is 5.82. The number of piperazine rings is 1. The van der Waals surface area contributed by atoms with Crippen molar-refractivity contribution in [3.8, 4) is 0 Å². The molecule has 5 heteroatoms. The van der Waals surface area contributed by atoms with Crippen LogP contribution in [0.1, 0.15) is 11.1 Å². The van der Waals surface area contributed by atoms with Crippen LogP contribution >= 0.6 is 0 Å². The SMILES string of the molecule is COCc1cccc(CN2CCN(c3ncccc3F)CC2)c1. The lowest BCUT2D eigenvalue weighted by molar-refractivity contribution is 0.184. The van der Waals surface area contributed by atoms with Gasteiger partial charge in [-0.05, 0) is 23.3 Å². The van der Waals surface area contributed by atoms with Crippen molar-refractivity contribution in [3.63, 3.8) is 0 Å². The minimum atomic E-state index is -0.242. The Morgan fingerprint density at radius 2 is 1.87 bits per heavy atom. The van der Waals surface area contributed by atoms with Crippen molar-refractivity contribution in [1.29, 1.82) is 0 Å². The first-order valence-corrected chi connectivity index (χ1v) is 7.91. The average molecular weight is 315 g/mol. The lowest BCUT2D eigenvalue weighted by Gasteiger charge is -2.35. The molecule has 1 aromatic heterocycles. The molecule has 0 bridgehead atoms. The Morgan fingerprint density at radius 1 is 1.09 bits per heavy atom. The third-order valence-electron chi connectivity index (χ3n) is 4.12. The van der Waals surface area contributed by atoms with Crippen molar-refractivity contribution in [2.24, 2.45) is 0 Å². The summed E-state index contributed by atoms with van der Waals surface area (Å²) in [6.45, 7) is 4.96. The van der Waals surface area contributed by atoms with Gasteiger partial charge in [0.05, 0.1) is 6.61 Å². The molecule has 4 nitrogen and oxygen atoms in total. The topological polar surface area (TPSA) is 28.6 Å². The second-order valence-electron chi connectivity index (χ2n) is 5.82. The highest BCUT2D eigenvalue weighted by atomic mass is 19.1. The molecule has 1 saturated heterocycles. The molecule has 2 heterocycles. The standard InChI is InChI=1S/C18H22FN3O/c1-23-14-16-5-2-4-15(12-16)13-21-8-10-22(11-9-21)18-17(19)6-3-7-20-18/h2-7,12H,8-11,13-14H2,1H3. The van der Waals surface area contributed by atoms with Crippen molar-refractivity contribution in [2.45, 2.75) is 13.2 Å². The van der Waals surface area contributed by atoms with Gasteiger partial charge in [-0.25, -0.2) is 9.37 Å². The van der Waals surface area contributed by atoms with Gasteiger partial charge in [0.15, 0.2) is 11.6 Å². The van der Waals surface area contributed by atoms with E-state index < -0.39 is 0 Å². The van der Waals surface area contributed by atoms with E-state index in [0.29, 0.717) is 12.4 Å². The third-order valence-corrected chi connectivity index (χ3v) is 4.12. The van der Waals surface area contributed by atoms with Gasteiger partial charge in [-0.3, -0.25) is 4.90 Å². The van der Waals surface area contributed by atoms with Gasteiger partial charge >= 0.3 is 0 Å². The normalized spacial score (nSPS) is 15.8. The molecular weight excluding hydrogens is 293 g/mol. The van der Waals surface area contributed by atoms with E-state index in [-0.39, 0.29) is 5.82 Å². The molecule has 0 saturated carbocycles. The fourth-order valence-corrected chi connectivity index (χ4v) is 2.97. The number of aromatic nitrogens is 1. The van der Waals surface area contributed by atoms with Crippen molar-refractivity contribution in [2.75, 3.05) is 38.2 Å². The lowest BCUT2D eigenvalue weighted by atomic mass is 10.1. The zero-order valence-electron chi connectivity index (χ0n) is 13.4. The van der Waals surface area contributed by atoms with E-state index in [1.165, 1.54) is 17.2 Å². The van der Waals surface area contributed by atoms with E-state index in [1.54, 1.807) is 19.4 Å². The first-order chi connectivity index (χ1) is 11.3. The minimum absolute atomic E-state index is 0.242. The van der Waals surface area contributed by atoms with Crippen LogP contribution < -0.4 is 4.90 Å². The highest BCUT2D eigenvalue weighted by Gasteiger charge is 2.20. The maximum Gasteiger partial charge on any atom is 0.165 e. The summed E-state index contributed by atoms with van der Waals surface area (Å²) < 4.78 is 19.0. The summed E-state index contributed by atoms with van der Waals surface area (Å²) in [7, 11) is 1.71. The van der Waals surface area contributed by atoms with Crippen LogP contribution in [0.3, 0.4) is 0 Å². The quantitative estimate of drug-likeness (QED) is 0.848. The molecule has 0 atom stereocenters. The van der Waals surface area contributed by atoms with Crippen molar-refractivity contribution in [1.82, 2.24) is 9.88 Å². The lowest BCUT2D eigenvalue weighted by Crippen LogP contribution is -2.46. The van der Waals surface area contributed by atoms with Crippen LogP contribution in [0.25, 0.3) is 0 Å². The Hall–Kier alpha value is -1.98. The van der Waals surface area contributed by atoms with Crippen LogP contribution in [0.4, 0.5) is 10.2 Å². The molecule has 2 aromatic rings. The molecule has 0 N–H and O–H groups in total. The number of benzene rings is 1. The van der Waals surface area contributed by atoms with Gasteiger partial charge in [-0.1, -0.05) is 24.3 Å². The van der Waals surface area contributed by atoms with E-state index in [4.69, 9.17) is 4.74 Å². The number of ether oxygens (including phenoxy) is 1. The largest absolute Gasteiger partial charge is 0.380 e. The molecule has 1 aromatic carbocycles. The summed E-state index contributed by atoms with van der Waals surface area (Å²) in [4.78, 5) is 8.57. The summed E-state index contributed by atoms with van der Waals surface area (Å²) in [5.41, 5.74) is 2.48. The molecule has 0 spiro atoms. The molecule has 0 radical (unpaired) electrons. The summed E-state index contributed by atoms with van der Waals surface area (Å²) >= 11 is 0. The maximum absolute atomic E-state index is 13.8. The number of nitrogens with zero attached hydrogens (tertiary/aromatic N) is 3. The summed E-state index contributed by atoms with van der Waals surface area (Å²) in [6.07, 6.45) is 1.64. The van der Waals surface area contributed by atoms with Gasteiger partial charge in [0.25, 0.3) is 0 Å². The number of hydrogen-bond donors (Lipinski definition) is 0. The van der Waals surface area contributed by atoms with Crippen LogP contribution in [0.2, 0.25) is 0 Å². The molecule has 0 amide bonds. The highest BCUT2D eigenvalue weighted by Crippen LogP contribution is 2.18. The number of methoxy groups -OCH3 is 1. The number of rotatable bonds is 5. The van der Waals surface area contributed by atoms with Crippen molar-refractivity contribution in [3.05, 3.63) is 59.5 Å². The molecular formula is C18H22FN3O. The van der Waals surface area contributed by atoms with Crippen LogP contribution in [-0.2, 0) is 17.9 Å². The first kappa shape index (κ1) is 15.9. The van der Waals surface area contributed by atoms with E-state index >= 15 is 0 Å². The molecule has 122 valence electrons. The Bertz CT molecular complexity index is 642. The molecule has 3 rings (SSSR count). The monoisotopic (exact) mass is 315 g/mol. The first-order valence-electron chi connectivity index (χ1n) is 7.91. The highest BCUT2D eigenvalue weighted by molar-refractivity contribution is 5.40.